The average Bonchev–Trinajstić information content (AvgIpc) is 2.75. The van der Waals surface area contributed by atoms with Crippen LogP contribution in [0.5, 0.6) is 0 Å². The van der Waals surface area contributed by atoms with Crippen LogP contribution in [-0.2, 0) is 6.54 Å². The molecule has 0 bridgehead atoms. The van der Waals surface area contributed by atoms with Crippen molar-refractivity contribution in [3.8, 4) is 6.07 Å². The molecule has 156 valence electrons. The lowest BCUT2D eigenvalue weighted by Gasteiger charge is -2.21. The Kier molecular flexibility index (Phi) is 7.62. The Hall–Kier alpha value is -3.13. The molecular weight excluding hydrogens is 374 g/mol. The summed E-state index contributed by atoms with van der Waals surface area (Å²) in [6.07, 6.45) is 8.23. The van der Waals surface area contributed by atoms with E-state index in [9.17, 15) is 9.59 Å². The molecule has 3 rings (SSSR count). The Balaban J connectivity index is 1.57. The summed E-state index contributed by atoms with van der Waals surface area (Å²) >= 11 is 0. The molecule has 0 atom stereocenters. The quantitative estimate of drug-likeness (QED) is 0.788. The first-order chi connectivity index (χ1) is 14.6. The van der Waals surface area contributed by atoms with Crippen LogP contribution in [0.25, 0.3) is 0 Å². The molecule has 0 aliphatic heterocycles. The molecule has 30 heavy (non-hydrogen) atoms. The van der Waals surface area contributed by atoms with Gasteiger partial charge in [0.1, 0.15) is 0 Å². The lowest BCUT2D eigenvalue weighted by atomic mass is 9.96. The zero-order chi connectivity index (χ0) is 21.3. The minimum atomic E-state index is -0.105. The summed E-state index contributed by atoms with van der Waals surface area (Å²) in [6.45, 7) is 0.453. The van der Waals surface area contributed by atoms with Gasteiger partial charge in [0.15, 0.2) is 0 Å². The first kappa shape index (κ1) is 21.6. The molecule has 2 aromatic rings. The minimum Gasteiger partial charge on any atom is -0.349 e. The van der Waals surface area contributed by atoms with Gasteiger partial charge in [-0.05, 0) is 54.8 Å². The summed E-state index contributed by atoms with van der Waals surface area (Å²) in [5.74, 6) is -0.170. The van der Waals surface area contributed by atoms with Crippen LogP contribution in [0.2, 0.25) is 0 Å². The standard InChI is InChI=1S/C25H29N3O2/c1-28(18-20-11-9-19(17-26)10-12-20)25(30)22-15-13-21(14-16-22)24(29)27-23-7-5-3-2-4-6-8-23/h9-16,23H,2-8,18H2,1H3,(H,27,29). The van der Waals surface area contributed by atoms with Gasteiger partial charge in [-0.1, -0.05) is 44.2 Å². The van der Waals surface area contributed by atoms with Gasteiger partial charge in [0.2, 0.25) is 0 Å². The van der Waals surface area contributed by atoms with Crippen molar-refractivity contribution in [2.24, 2.45) is 0 Å². The van der Waals surface area contributed by atoms with Crippen molar-refractivity contribution in [3.63, 3.8) is 0 Å². The summed E-state index contributed by atoms with van der Waals surface area (Å²) in [5, 5.41) is 12.0. The Labute approximate surface area is 178 Å². The first-order valence-corrected chi connectivity index (χ1v) is 10.7. The highest BCUT2D eigenvalue weighted by atomic mass is 16.2. The maximum Gasteiger partial charge on any atom is 0.253 e. The Morgan fingerprint density at radius 1 is 0.933 bits per heavy atom. The van der Waals surface area contributed by atoms with Crippen molar-refractivity contribution in [1.82, 2.24) is 10.2 Å². The number of nitrogens with zero attached hydrogens (tertiary/aromatic N) is 2. The van der Waals surface area contributed by atoms with Crippen molar-refractivity contribution in [1.29, 1.82) is 5.26 Å². The summed E-state index contributed by atoms with van der Waals surface area (Å²) in [7, 11) is 1.75. The number of carbonyl (C=O) groups excluding carboxylic acids is 2. The summed E-state index contributed by atoms with van der Waals surface area (Å²) in [6, 6.07) is 16.4. The topological polar surface area (TPSA) is 73.2 Å². The van der Waals surface area contributed by atoms with E-state index in [4.69, 9.17) is 5.26 Å². The van der Waals surface area contributed by atoms with Gasteiger partial charge in [0.05, 0.1) is 11.6 Å². The molecule has 5 nitrogen and oxygen atoms in total. The monoisotopic (exact) mass is 403 g/mol. The summed E-state index contributed by atoms with van der Waals surface area (Å²) < 4.78 is 0. The van der Waals surface area contributed by atoms with Crippen LogP contribution >= 0.6 is 0 Å². The van der Waals surface area contributed by atoms with Crippen LogP contribution in [0.3, 0.4) is 0 Å². The van der Waals surface area contributed by atoms with Crippen LogP contribution in [0.4, 0.5) is 0 Å². The van der Waals surface area contributed by atoms with Crippen LogP contribution in [0.15, 0.2) is 48.5 Å². The molecule has 1 saturated carbocycles. The van der Waals surface area contributed by atoms with E-state index < -0.39 is 0 Å². The van der Waals surface area contributed by atoms with E-state index in [0.717, 1.165) is 18.4 Å². The van der Waals surface area contributed by atoms with Crippen LogP contribution in [0, 0.1) is 11.3 Å². The van der Waals surface area contributed by atoms with Gasteiger partial charge in [0.25, 0.3) is 11.8 Å². The lowest BCUT2D eigenvalue weighted by molar-refractivity contribution is 0.0784. The van der Waals surface area contributed by atoms with Gasteiger partial charge in [-0.3, -0.25) is 9.59 Å². The second-order valence-electron chi connectivity index (χ2n) is 8.06. The Morgan fingerprint density at radius 2 is 1.50 bits per heavy atom. The molecule has 1 aliphatic rings. The molecule has 0 saturated heterocycles. The number of benzene rings is 2. The Bertz CT molecular complexity index is 889. The number of amides is 2. The number of nitriles is 1. The van der Waals surface area contributed by atoms with Gasteiger partial charge in [0, 0.05) is 30.8 Å². The van der Waals surface area contributed by atoms with Crippen LogP contribution in [-0.4, -0.2) is 29.8 Å². The molecule has 1 fully saturated rings. The second-order valence-corrected chi connectivity index (χ2v) is 8.06. The van der Waals surface area contributed by atoms with Crippen molar-refractivity contribution < 1.29 is 9.59 Å². The third-order valence-electron chi connectivity index (χ3n) is 5.68. The molecule has 0 unspecified atom stereocenters. The van der Waals surface area contributed by atoms with E-state index in [2.05, 4.69) is 11.4 Å². The molecule has 0 radical (unpaired) electrons. The first-order valence-electron chi connectivity index (χ1n) is 10.7. The van der Waals surface area contributed by atoms with Gasteiger partial charge >= 0.3 is 0 Å². The van der Waals surface area contributed by atoms with Gasteiger partial charge in [-0.25, -0.2) is 0 Å². The number of hydrogen-bond acceptors (Lipinski definition) is 3. The molecule has 0 heterocycles. The zero-order valence-electron chi connectivity index (χ0n) is 17.6. The molecule has 0 spiro atoms. The predicted octanol–water partition coefficient (Wildman–Crippen LogP) is 4.67. The average molecular weight is 404 g/mol. The van der Waals surface area contributed by atoms with Crippen molar-refractivity contribution >= 4 is 11.8 Å². The molecule has 0 aromatic heterocycles. The van der Waals surface area contributed by atoms with Crippen molar-refractivity contribution in [2.75, 3.05) is 7.05 Å². The highest BCUT2D eigenvalue weighted by Crippen LogP contribution is 2.18. The van der Waals surface area contributed by atoms with E-state index in [1.807, 2.05) is 12.1 Å². The largest absolute Gasteiger partial charge is 0.349 e. The lowest BCUT2D eigenvalue weighted by Crippen LogP contribution is -2.35. The smallest absolute Gasteiger partial charge is 0.253 e. The normalized spacial score (nSPS) is 14.8. The molecular formula is C25H29N3O2. The van der Waals surface area contributed by atoms with E-state index in [1.165, 1.54) is 32.1 Å². The predicted molar refractivity (Wildman–Crippen MR) is 117 cm³/mol. The zero-order valence-corrected chi connectivity index (χ0v) is 17.6. The Morgan fingerprint density at radius 3 is 2.10 bits per heavy atom. The number of nitrogens with one attached hydrogen (secondary N) is 1. The minimum absolute atomic E-state index is 0.0643. The van der Waals surface area contributed by atoms with E-state index in [0.29, 0.717) is 23.2 Å². The van der Waals surface area contributed by atoms with E-state index in [-0.39, 0.29) is 17.9 Å². The van der Waals surface area contributed by atoms with Crippen LogP contribution in [0.1, 0.15) is 76.8 Å². The summed E-state index contributed by atoms with van der Waals surface area (Å²) in [5.41, 5.74) is 2.69. The highest BCUT2D eigenvalue weighted by Gasteiger charge is 2.17. The van der Waals surface area contributed by atoms with Gasteiger partial charge in [-0.2, -0.15) is 5.26 Å². The highest BCUT2D eigenvalue weighted by molar-refractivity contribution is 5.97. The summed E-state index contributed by atoms with van der Waals surface area (Å²) in [4.78, 5) is 26.9. The van der Waals surface area contributed by atoms with Gasteiger partial charge < -0.3 is 10.2 Å². The molecule has 1 N–H and O–H groups in total. The SMILES string of the molecule is CN(Cc1ccc(C#N)cc1)C(=O)c1ccc(C(=O)NC2CCCCCCC2)cc1. The molecule has 2 aromatic carbocycles. The van der Waals surface area contributed by atoms with Crippen molar-refractivity contribution in [2.45, 2.75) is 57.5 Å². The number of hydrogen-bond donors (Lipinski definition) is 1. The van der Waals surface area contributed by atoms with Gasteiger partial charge in [-0.15, -0.1) is 0 Å². The number of rotatable bonds is 5. The maximum atomic E-state index is 12.7. The molecule has 1 aliphatic carbocycles. The van der Waals surface area contributed by atoms with E-state index >= 15 is 0 Å². The third kappa shape index (κ3) is 5.93. The fourth-order valence-corrected chi connectivity index (χ4v) is 3.88. The molecule has 5 heteroatoms. The fraction of sp³-hybridized carbons (Fsp3) is 0.400. The number of carbonyl (C=O) groups is 2. The van der Waals surface area contributed by atoms with Crippen LogP contribution < -0.4 is 5.32 Å². The fourth-order valence-electron chi connectivity index (χ4n) is 3.88. The second kappa shape index (κ2) is 10.6. The maximum absolute atomic E-state index is 12.7. The van der Waals surface area contributed by atoms with E-state index in [1.54, 1.807) is 48.3 Å². The molecule has 2 amide bonds. The third-order valence-corrected chi connectivity index (χ3v) is 5.68. The van der Waals surface area contributed by atoms with Crippen molar-refractivity contribution in [3.05, 3.63) is 70.8 Å².